The van der Waals surface area contributed by atoms with Crippen LogP contribution < -0.4 is 0 Å². The molecule has 5 nitrogen and oxygen atoms in total. The van der Waals surface area contributed by atoms with Crippen LogP contribution in [0.25, 0.3) is 0 Å². The van der Waals surface area contributed by atoms with Gasteiger partial charge in [-0.3, -0.25) is 4.79 Å². The Balaban J connectivity index is 2.39. The van der Waals surface area contributed by atoms with Gasteiger partial charge in [0.05, 0.1) is 12.1 Å². The molecule has 1 aliphatic heterocycles. The molecule has 0 bridgehead atoms. The molecule has 5 heteroatoms. The van der Waals surface area contributed by atoms with Crippen molar-refractivity contribution in [3.63, 3.8) is 0 Å². The summed E-state index contributed by atoms with van der Waals surface area (Å²) >= 11 is 0. The molecule has 0 aliphatic carbocycles. The zero-order valence-corrected chi connectivity index (χ0v) is 10.2. The molecule has 1 N–H and O–H groups in total. The van der Waals surface area contributed by atoms with Crippen LogP contribution in [0.4, 0.5) is 0 Å². The Morgan fingerprint density at radius 3 is 2.76 bits per heavy atom. The van der Waals surface area contributed by atoms with Gasteiger partial charge in [0.1, 0.15) is 5.82 Å². The Kier molecular flexibility index (Phi) is 3.38. The Morgan fingerprint density at radius 1 is 1.35 bits per heavy atom. The lowest BCUT2D eigenvalue weighted by Crippen LogP contribution is -2.20. The Bertz CT molecular complexity index is 446. The number of hydrogen-bond donors (Lipinski definition) is 1. The van der Waals surface area contributed by atoms with E-state index < -0.39 is 5.97 Å². The molecule has 2 heterocycles. The van der Waals surface area contributed by atoms with E-state index in [0.717, 1.165) is 37.2 Å². The standard InChI is InChI=1S/C12H17N3O2/c1-8-13-10-4-6-15(2)5-3-9(10)11(14-8)7-12(16)17/h3-7H2,1-2H3,(H,16,17). The summed E-state index contributed by atoms with van der Waals surface area (Å²) in [5, 5.41) is 8.91. The van der Waals surface area contributed by atoms with Crippen molar-refractivity contribution in [2.75, 3.05) is 20.1 Å². The fourth-order valence-corrected chi connectivity index (χ4v) is 2.21. The molecule has 1 aromatic rings. The van der Waals surface area contributed by atoms with E-state index in [2.05, 4.69) is 21.9 Å². The lowest BCUT2D eigenvalue weighted by Gasteiger charge is -2.11. The summed E-state index contributed by atoms with van der Waals surface area (Å²) in [7, 11) is 2.07. The molecular formula is C12H17N3O2. The van der Waals surface area contributed by atoms with Crippen LogP contribution in [0.3, 0.4) is 0 Å². The Labute approximate surface area is 100 Å². The van der Waals surface area contributed by atoms with Crippen molar-refractivity contribution >= 4 is 5.97 Å². The highest BCUT2D eigenvalue weighted by Gasteiger charge is 2.18. The molecule has 0 aromatic carbocycles. The highest BCUT2D eigenvalue weighted by molar-refractivity contribution is 5.70. The second-order valence-electron chi connectivity index (χ2n) is 4.52. The van der Waals surface area contributed by atoms with Crippen LogP contribution >= 0.6 is 0 Å². The molecular weight excluding hydrogens is 218 g/mol. The smallest absolute Gasteiger partial charge is 0.309 e. The predicted molar refractivity (Wildman–Crippen MR) is 63.0 cm³/mol. The maximum atomic E-state index is 10.8. The van der Waals surface area contributed by atoms with E-state index in [4.69, 9.17) is 5.11 Å². The van der Waals surface area contributed by atoms with E-state index in [-0.39, 0.29) is 6.42 Å². The van der Waals surface area contributed by atoms with Crippen LogP contribution in [-0.4, -0.2) is 46.1 Å². The van der Waals surface area contributed by atoms with Crippen molar-refractivity contribution in [3.05, 3.63) is 22.8 Å². The fourth-order valence-electron chi connectivity index (χ4n) is 2.21. The molecule has 0 radical (unpaired) electrons. The highest BCUT2D eigenvalue weighted by atomic mass is 16.4. The molecule has 0 saturated carbocycles. The average molecular weight is 235 g/mol. The van der Waals surface area contributed by atoms with Gasteiger partial charge in [-0.15, -0.1) is 0 Å². The molecule has 0 unspecified atom stereocenters. The summed E-state index contributed by atoms with van der Waals surface area (Å²) < 4.78 is 0. The first kappa shape index (κ1) is 12.0. The second-order valence-corrected chi connectivity index (χ2v) is 4.52. The lowest BCUT2D eigenvalue weighted by molar-refractivity contribution is -0.136. The van der Waals surface area contributed by atoms with Crippen molar-refractivity contribution in [2.24, 2.45) is 0 Å². The SMILES string of the molecule is Cc1nc2c(c(CC(=O)O)n1)CCN(C)CC2. The fraction of sp³-hybridized carbons (Fsp3) is 0.583. The zero-order valence-electron chi connectivity index (χ0n) is 10.2. The average Bonchev–Trinajstić information content (AvgIpc) is 2.40. The summed E-state index contributed by atoms with van der Waals surface area (Å²) in [6.07, 6.45) is 1.71. The first-order valence-corrected chi connectivity index (χ1v) is 5.82. The maximum Gasteiger partial charge on any atom is 0.309 e. The monoisotopic (exact) mass is 235 g/mol. The summed E-state index contributed by atoms with van der Waals surface area (Å²) in [4.78, 5) is 21.8. The minimum absolute atomic E-state index is 0.00456. The van der Waals surface area contributed by atoms with Crippen molar-refractivity contribution < 1.29 is 9.90 Å². The number of likely N-dealkylation sites (N-methyl/N-ethyl adjacent to an activating group) is 1. The van der Waals surface area contributed by atoms with E-state index in [9.17, 15) is 4.79 Å². The third kappa shape index (κ3) is 2.79. The van der Waals surface area contributed by atoms with E-state index in [1.54, 1.807) is 0 Å². The minimum atomic E-state index is -0.831. The van der Waals surface area contributed by atoms with Gasteiger partial charge < -0.3 is 10.0 Å². The van der Waals surface area contributed by atoms with E-state index in [1.807, 2.05) is 6.92 Å². The van der Waals surface area contributed by atoms with Crippen molar-refractivity contribution in [3.8, 4) is 0 Å². The topological polar surface area (TPSA) is 66.3 Å². The molecule has 1 aromatic heterocycles. The normalized spacial score (nSPS) is 16.4. The van der Waals surface area contributed by atoms with Gasteiger partial charge in [0, 0.05) is 25.2 Å². The van der Waals surface area contributed by atoms with Gasteiger partial charge in [-0.2, -0.15) is 0 Å². The number of carbonyl (C=O) groups is 1. The van der Waals surface area contributed by atoms with Gasteiger partial charge >= 0.3 is 5.97 Å². The van der Waals surface area contributed by atoms with Gasteiger partial charge in [0.2, 0.25) is 0 Å². The van der Waals surface area contributed by atoms with Crippen molar-refractivity contribution in [1.82, 2.24) is 14.9 Å². The van der Waals surface area contributed by atoms with E-state index in [0.29, 0.717) is 11.5 Å². The first-order chi connectivity index (χ1) is 8.06. The van der Waals surface area contributed by atoms with E-state index in [1.165, 1.54) is 0 Å². The number of rotatable bonds is 2. The van der Waals surface area contributed by atoms with Crippen LogP contribution in [0.1, 0.15) is 22.8 Å². The van der Waals surface area contributed by atoms with Gasteiger partial charge in [0.25, 0.3) is 0 Å². The van der Waals surface area contributed by atoms with Crippen molar-refractivity contribution in [2.45, 2.75) is 26.2 Å². The molecule has 0 amide bonds. The zero-order chi connectivity index (χ0) is 12.4. The molecule has 0 saturated heterocycles. The highest BCUT2D eigenvalue weighted by Crippen LogP contribution is 2.17. The second kappa shape index (κ2) is 4.79. The van der Waals surface area contributed by atoms with E-state index >= 15 is 0 Å². The largest absolute Gasteiger partial charge is 0.481 e. The first-order valence-electron chi connectivity index (χ1n) is 5.82. The Hall–Kier alpha value is -1.49. The summed E-state index contributed by atoms with van der Waals surface area (Å²) in [5.74, 6) is -0.160. The van der Waals surface area contributed by atoms with Gasteiger partial charge in [-0.1, -0.05) is 0 Å². The quantitative estimate of drug-likeness (QED) is 0.806. The van der Waals surface area contributed by atoms with Gasteiger partial charge in [-0.05, 0) is 26.0 Å². The van der Waals surface area contributed by atoms with Gasteiger partial charge in [-0.25, -0.2) is 9.97 Å². The lowest BCUT2D eigenvalue weighted by atomic mass is 10.0. The number of carboxylic acid groups (broad SMARTS) is 1. The number of aromatic nitrogens is 2. The molecule has 92 valence electrons. The van der Waals surface area contributed by atoms with Gasteiger partial charge in [0.15, 0.2) is 0 Å². The molecule has 2 rings (SSSR count). The third-order valence-electron chi connectivity index (χ3n) is 3.08. The number of carboxylic acids is 1. The third-order valence-corrected chi connectivity index (χ3v) is 3.08. The number of aryl methyl sites for hydroxylation is 1. The van der Waals surface area contributed by atoms with Crippen LogP contribution in [0.5, 0.6) is 0 Å². The molecule has 0 fully saturated rings. The van der Waals surface area contributed by atoms with Crippen LogP contribution in [0, 0.1) is 6.92 Å². The summed E-state index contributed by atoms with van der Waals surface area (Å²) in [6.45, 7) is 3.72. The molecule has 17 heavy (non-hydrogen) atoms. The van der Waals surface area contributed by atoms with Crippen LogP contribution in [0.15, 0.2) is 0 Å². The molecule has 0 spiro atoms. The predicted octanol–water partition coefficient (Wildman–Crippen LogP) is 0.443. The number of hydrogen-bond acceptors (Lipinski definition) is 4. The molecule has 1 aliphatic rings. The van der Waals surface area contributed by atoms with Crippen molar-refractivity contribution in [1.29, 1.82) is 0 Å². The summed E-state index contributed by atoms with van der Waals surface area (Å²) in [5.41, 5.74) is 2.76. The molecule has 0 atom stereocenters. The van der Waals surface area contributed by atoms with Crippen LogP contribution in [0.2, 0.25) is 0 Å². The minimum Gasteiger partial charge on any atom is -0.481 e. The number of aliphatic carboxylic acids is 1. The summed E-state index contributed by atoms with van der Waals surface area (Å²) in [6, 6.07) is 0. The number of fused-ring (bicyclic) bond motifs is 1. The number of nitrogens with zero attached hydrogens (tertiary/aromatic N) is 3. The maximum absolute atomic E-state index is 10.8. The Morgan fingerprint density at radius 2 is 2.06 bits per heavy atom. The van der Waals surface area contributed by atoms with Crippen LogP contribution in [-0.2, 0) is 24.1 Å².